The normalized spacial score (nSPS) is 18.3. The molecule has 0 aliphatic carbocycles. The van der Waals surface area contributed by atoms with Gasteiger partial charge in [-0.25, -0.2) is 4.68 Å². The van der Waals surface area contributed by atoms with E-state index in [4.69, 9.17) is 27.9 Å². The Bertz CT molecular complexity index is 1140. The van der Waals surface area contributed by atoms with E-state index in [2.05, 4.69) is 33.5 Å². The van der Waals surface area contributed by atoms with E-state index in [0.717, 1.165) is 5.57 Å². The molecule has 1 aliphatic rings. The summed E-state index contributed by atoms with van der Waals surface area (Å²) in [6.45, 7) is 12.7. The van der Waals surface area contributed by atoms with Gasteiger partial charge in [0.05, 0.1) is 23.8 Å². The number of allylic oxidation sites excluding steroid dienone is 2. The van der Waals surface area contributed by atoms with Crippen LogP contribution in [0.25, 0.3) is 11.0 Å². The Morgan fingerprint density at radius 2 is 2.17 bits per heavy atom. The maximum absolute atomic E-state index is 12.5. The van der Waals surface area contributed by atoms with Crippen molar-refractivity contribution in [2.45, 2.75) is 39.0 Å². The zero-order chi connectivity index (χ0) is 26.4. The molecule has 36 heavy (non-hydrogen) atoms. The van der Waals surface area contributed by atoms with Crippen molar-refractivity contribution < 1.29 is 19.3 Å². The van der Waals surface area contributed by atoms with E-state index >= 15 is 0 Å². The summed E-state index contributed by atoms with van der Waals surface area (Å²) < 4.78 is 7.91. The zero-order valence-corrected chi connectivity index (χ0v) is 22.7. The number of aromatic nitrogens is 4. The molecule has 0 spiro atoms. The Morgan fingerprint density at radius 3 is 2.81 bits per heavy atom. The summed E-state index contributed by atoms with van der Waals surface area (Å²) in [5.41, 5.74) is 1.27. The van der Waals surface area contributed by atoms with Gasteiger partial charge >= 0.3 is 0 Å². The van der Waals surface area contributed by atoms with E-state index in [-0.39, 0.29) is 29.4 Å². The van der Waals surface area contributed by atoms with Gasteiger partial charge in [-0.1, -0.05) is 50.8 Å². The molecular weight excluding hydrogens is 526 g/mol. The molecule has 1 amide bonds. The van der Waals surface area contributed by atoms with Crippen LogP contribution in [0.1, 0.15) is 32.9 Å². The Hall–Kier alpha value is -2.07. The monoisotopic (exact) mass is 556 g/mol. The lowest BCUT2D eigenvalue weighted by Gasteiger charge is -2.27. The van der Waals surface area contributed by atoms with Crippen molar-refractivity contribution in [1.82, 2.24) is 24.6 Å². The minimum atomic E-state index is -2.29. The number of carbonyl (C=O) groups excluding carboxylic acids is 1. The number of amides is 1. The summed E-state index contributed by atoms with van der Waals surface area (Å²) in [6.07, 6.45) is 5.50. The van der Waals surface area contributed by atoms with Gasteiger partial charge in [-0.2, -0.15) is 15.1 Å². The summed E-state index contributed by atoms with van der Waals surface area (Å²) in [5.74, 6) is 0.431. The second kappa shape index (κ2) is 12.9. The molecule has 3 rings (SSSR count). The van der Waals surface area contributed by atoms with E-state index in [9.17, 15) is 14.6 Å². The van der Waals surface area contributed by atoms with Crippen LogP contribution in [0.3, 0.4) is 0 Å². The van der Waals surface area contributed by atoms with Crippen LogP contribution >= 0.6 is 31.6 Å². The highest BCUT2D eigenvalue weighted by Gasteiger charge is 2.32. The molecule has 1 aliphatic heterocycles. The molecule has 0 saturated carbocycles. The topological polar surface area (TPSA) is 126 Å². The highest BCUT2D eigenvalue weighted by molar-refractivity contribution is 7.46. The first kappa shape index (κ1) is 28.5. The summed E-state index contributed by atoms with van der Waals surface area (Å²) in [5, 5.41) is 8.80. The fraction of sp³-hybridized carbons (Fsp3) is 0.478. The van der Waals surface area contributed by atoms with Gasteiger partial charge in [-0.05, 0) is 35.9 Å². The second-order valence-corrected chi connectivity index (χ2v) is 10.7. The minimum absolute atomic E-state index is 0.0541. The molecule has 2 aromatic rings. The van der Waals surface area contributed by atoms with Gasteiger partial charge in [0.1, 0.15) is 5.82 Å². The van der Waals surface area contributed by atoms with Crippen molar-refractivity contribution in [3.8, 4) is 0 Å². The number of hydrogen-bond acceptors (Lipinski definition) is 8. The maximum Gasteiger partial charge on any atom is 0.231 e. The first-order chi connectivity index (χ1) is 17.1. The van der Waals surface area contributed by atoms with Crippen molar-refractivity contribution in [3.63, 3.8) is 0 Å². The van der Waals surface area contributed by atoms with Crippen LogP contribution in [0.4, 0.5) is 5.82 Å². The average Bonchev–Trinajstić information content (AvgIpc) is 3.41. The highest BCUT2D eigenvalue weighted by atomic mass is 35.5. The standard InChI is InChI=1S/C23H31Cl2N6O4P/c1-5-6-16(15(4)24)9-26-21-18-10-27-31(22(18)29-23(25)28-21)20-8-7-17(35-20)12-30(11-14(2)3)19(32)13-36(33)34/h5-6,10,14,17,20,33-34H,1,4,7-9,11-13H2,2-3H3,(H,26,28,29)/b16-6-. The van der Waals surface area contributed by atoms with Crippen LogP contribution < -0.4 is 5.32 Å². The molecule has 10 nitrogen and oxygen atoms in total. The van der Waals surface area contributed by atoms with Gasteiger partial charge in [0.15, 0.2) is 20.3 Å². The molecule has 2 atom stereocenters. The molecule has 1 saturated heterocycles. The predicted molar refractivity (Wildman–Crippen MR) is 143 cm³/mol. The van der Waals surface area contributed by atoms with Gasteiger partial charge in [-0.15, -0.1) is 0 Å². The third-order valence-corrected chi connectivity index (χ3v) is 6.50. The number of anilines is 1. The molecule has 0 radical (unpaired) electrons. The van der Waals surface area contributed by atoms with E-state index in [0.29, 0.717) is 54.4 Å². The van der Waals surface area contributed by atoms with E-state index in [1.807, 2.05) is 13.8 Å². The van der Waals surface area contributed by atoms with Crippen molar-refractivity contribution in [2.75, 3.05) is 31.1 Å². The van der Waals surface area contributed by atoms with E-state index in [1.54, 1.807) is 27.9 Å². The van der Waals surface area contributed by atoms with Gasteiger partial charge in [-0.3, -0.25) is 4.79 Å². The fourth-order valence-corrected chi connectivity index (χ4v) is 4.73. The van der Waals surface area contributed by atoms with Gasteiger partial charge in [0, 0.05) is 24.7 Å². The number of ether oxygens (including phenoxy) is 1. The van der Waals surface area contributed by atoms with Gasteiger partial charge < -0.3 is 24.7 Å². The lowest BCUT2D eigenvalue weighted by atomic mass is 10.1. The van der Waals surface area contributed by atoms with Crippen molar-refractivity contribution >= 4 is 54.3 Å². The Labute approximate surface area is 221 Å². The number of fused-ring (bicyclic) bond motifs is 1. The smallest absolute Gasteiger partial charge is 0.231 e. The Balaban J connectivity index is 1.76. The molecule has 2 aromatic heterocycles. The van der Waals surface area contributed by atoms with Crippen molar-refractivity contribution in [1.29, 1.82) is 0 Å². The Morgan fingerprint density at radius 1 is 1.42 bits per heavy atom. The summed E-state index contributed by atoms with van der Waals surface area (Å²) in [7, 11) is -2.29. The summed E-state index contributed by atoms with van der Waals surface area (Å²) in [6, 6.07) is 0. The molecular formula is C23H31Cl2N6O4P. The third-order valence-electron chi connectivity index (χ3n) is 5.54. The molecule has 3 N–H and O–H groups in total. The van der Waals surface area contributed by atoms with Crippen LogP contribution in [0.2, 0.25) is 5.28 Å². The van der Waals surface area contributed by atoms with Crippen LogP contribution in [-0.4, -0.2) is 72.2 Å². The molecule has 1 fully saturated rings. The minimum Gasteiger partial charge on any atom is -0.365 e. The first-order valence-corrected chi connectivity index (χ1v) is 13.7. The van der Waals surface area contributed by atoms with Crippen molar-refractivity contribution in [3.05, 3.63) is 47.4 Å². The first-order valence-electron chi connectivity index (χ1n) is 11.5. The van der Waals surface area contributed by atoms with Crippen molar-refractivity contribution in [2.24, 2.45) is 5.92 Å². The van der Waals surface area contributed by atoms with E-state index in [1.165, 1.54) is 0 Å². The van der Waals surface area contributed by atoms with Crippen LogP contribution in [0.5, 0.6) is 0 Å². The van der Waals surface area contributed by atoms with Crippen LogP contribution in [0, 0.1) is 5.92 Å². The molecule has 2 unspecified atom stereocenters. The van der Waals surface area contributed by atoms with E-state index < -0.39 is 14.6 Å². The lowest BCUT2D eigenvalue weighted by molar-refractivity contribution is -0.131. The molecule has 0 aromatic carbocycles. The largest absolute Gasteiger partial charge is 0.365 e. The fourth-order valence-electron chi connectivity index (χ4n) is 4.00. The molecule has 0 bridgehead atoms. The second-order valence-electron chi connectivity index (χ2n) is 8.87. The van der Waals surface area contributed by atoms with Gasteiger partial charge in [0.2, 0.25) is 11.2 Å². The summed E-state index contributed by atoms with van der Waals surface area (Å²) in [4.78, 5) is 41.4. The molecule has 13 heteroatoms. The van der Waals surface area contributed by atoms with Gasteiger partial charge in [0.25, 0.3) is 0 Å². The maximum atomic E-state index is 12.5. The average molecular weight is 557 g/mol. The summed E-state index contributed by atoms with van der Waals surface area (Å²) >= 11 is 12.3. The molecule has 196 valence electrons. The number of carbonyl (C=O) groups is 1. The number of nitrogens with zero attached hydrogens (tertiary/aromatic N) is 5. The number of hydrogen-bond donors (Lipinski definition) is 3. The zero-order valence-electron chi connectivity index (χ0n) is 20.3. The lowest BCUT2D eigenvalue weighted by Crippen LogP contribution is -2.41. The van der Waals surface area contributed by atoms with Crippen LogP contribution in [0.15, 0.2) is 42.1 Å². The number of rotatable bonds is 12. The molecule has 3 heterocycles. The third kappa shape index (κ3) is 7.47. The SMILES string of the molecule is C=C/C=C(/CNc1nc(Cl)nc2c1cnn2C1CCC(CN(CC(C)C)C(=O)CP(O)O)O1)C(=C)Cl. The Kier molecular flexibility index (Phi) is 10.2. The van der Waals surface area contributed by atoms with Crippen LogP contribution in [-0.2, 0) is 9.53 Å². The highest BCUT2D eigenvalue weighted by Crippen LogP contribution is 2.33. The number of halogens is 2. The number of nitrogens with one attached hydrogen (secondary N) is 1. The predicted octanol–water partition coefficient (Wildman–Crippen LogP) is 4.22. The quantitative estimate of drug-likeness (QED) is 0.201.